The highest BCUT2D eigenvalue weighted by molar-refractivity contribution is 6.41. The minimum atomic E-state index is -0.162. The van der Waals surface area contributed by atoms with Gasteiger partial charge in [0.15, 0.2) is 0 Å². The number of aryl methyl sites for hydroxylation is 1. The zero-order valence-electron chi connectivity index (χ0n) is 24.2. The van der Waals surface area contributed by atoms with Crippen molar-refractivity contribution in [2.24, 2.45) is 20.7 Å². The van der Waals surface area contributed by atoms with Crippen molar-refractivity contribution in [1.82, 2.24) is 15.1 Å². The fraction of sp³-hybridized carbons (Fsp3) is 0.355. The Labute approximate surface area is 237 Å². The van der Waals surface area contributed by atoms with Gasteiger partial charge in [0, 0.05) is 50.2 Å². The highest BCUT2D eigenvalue weighted by atomic mass is 16.1. The lowest BCUT2D eigenvalue weighted by atomic mass is 9.86. The molecule has 2 aliphatic rings. The minimum Gasteiger partial charge on any atom is -0.383 e. The third-order valence-electron chi connectivity index (χ3n) is 7.04. The molecule has 2 aliphatic heterocycles. The number of benzene rings is 2. The summed E-state index contributed by atoms with van der Waals surface area (Å²) >= 11 is 0. The Balaban J connectivity index is 1.53. The maximum absolute atomic E-state index is 13.1. The number of rotatable bonds is 6. The van der Waals surface area contributed by atoms with Crippen LogP contribution in [0.1, 0.15) is 47.8 Å². The first-order valence-electron chi connectivity index (χ1n) is 13.6. The van der Waals surface area contributed by atoms with Gasteiger partial charge in [-0.3, -0.25) is 9.79 Å². The number of anilines is 1. The van der Waals surface area contributed by atoms with Crippen molar-refractivity contribution in [3.8, 4) is 0 Å². The van der Waals surface area contributed by atoms with Crippen molar-refractivity contribution in [2.45, 2.75) is 39.7 Å². The molecule has 0 atom stereocenters. The number of likely N-dealkylation sites (N-methyl/N-ethyl adjacent to an activating group) is 1. The van der Waals surface area contributed by atoms with Crippen LogP contribution in [0.5, 0.6) is 0 Å². The maximum atomic E-state index is 13.1. The number of hydrogen-bond donors (Lipinski definition) is 3. The van der Waals surface area contributed by atoms with E-state index in [-0.39, 0.29) is 11.3 Å². The number of carbonyl (C=O) groups excluding carboxylic acids is 1. The highest BCUT2D eigenvalue weighted by Crippen LogP contribution is 2.23. The molecule has 0 bridgehead atoms. The van der Waals surface area contributed by atoms with Crippen molar-refractivity contribution in [2.75, 3.05) is 38.5 Å². The largest absolute Gasteiger partial charge is 0.383 e. The van der Waals surface area contributed by atoms with Crippen molar-refractivity contribution >= 4 is 29.5 Å². The molecule has 0 aromatic heterocycles. The Kier molecular flexibility index (Phi) is 8.84. The highest BCUT2D eigenvalue weighted by Gasteiger charge is 2.23. The quantitative estimate of drug-likeness (QED) is 0.512. The number of nitrogens with zero attached hydrogens (tertiary/aromatic N) is 5. The van der Waals surface area contributed by atoms with Gasteiger partial charge in [0.25, 0.3) is 5.91 Å². The summed E-state index contributed by atoms with van der Waals surface area (Å²) in [7, 11) is 2.10. The van der Waals surface area contributed by atoms with Gasteiger partial charge in [0.05, 0.1) is 6.21 Å². The molecule has 0 aliphatic carbocycles. The van der Waals surface area contributed by atoms with E-state index in [1.54, 1.807) is 12.3 Å². The van der Waals surface area contributed by atoms with Crippen LogP contribution in [0.25, 0.3) is 0 Å². The molecule has 9 heteroatoms. The van der Waals surface area contributed by atoms with Crippen LogP contribution in [0.3, 0.4) is 0 Å². The summed E-state index contributed by atoms with van der Waals surface area (Å²) < 4.78 is 0. The Morgan fingerprint density at radius 2 is 1.90 bits per heavy atom. The summed E-state index contributed by atoms with van der Waals surface area (Å²) in [5, 5.41) is 6.30. The van der Waals surface area contributed by atoms with Gasteiger partial charge in [-0.05, 0) is 48.2 Å². The molecule has 1 fully saturated rings. The van der Waals surface area contributed by atoms with E-state index in [0.717, 1.165) is 37.3 Å². The lowest BCUT2D eigenvalue weighted by Crippen LogP contribution is -2.47. The van der Waals surface area contributed by atoms with Gasteiger partial charge in [-0.2, -0.15) is 0 Å². The lowest BCUT2D eigenvalue weighted by Gasteiger charge is -2.33. The molecule has 9 nitrogen and oxygen atoms in total. The predicted molar refractivity (Wildman–Crippen MR) is 165 cm³/mol. The van der Waals surface area contributed by atoms with E-state index >= 15 is 0 Å². The molecule has 40 heavy (non-hydrogen) atoms. The number of amides is 1. The second-order valence-corrected chi connectivity index (χ2v) is 11.2. The standard InChI is InChI=1S/C31H40N8O/c1-7-33-26-20-35-30(39-15-13-38(6)14-16-39)37-27(26)28(32)36-25-18-23(12-11-21(25)2)29(40)34-19-22-9-8-10-24(17-22)31(3,4)5/h7-12,17-18,20,36H,1,13-16,19,32H2,2-6H3,(H,34,40)/b28-27-,33-26-. The minimum absolute atomic E-state index is 0.0434. The van der Waals surface area contributed by atoms with Gasteiger partial charge in [0.2, 0.25) is 5.96 Å². The Hall–Kier alpha value is -4.24. The summed E-state index contributed by atoms with van der Waals surface area (Å²) in [6.07, 6.45) is 3.11. The molecule has 0 saturated carbocycles. The predicted octanol–water partition coefficient (Wildman–Crippen LogP) is 4.03. The molecule has 2 heterocycles. The molecule has 2 aromatic carbocycles. The summed E-state index contributed by atoms with van der Waals surface area (Å²) in [6, 6.07) is 13.8. The number of guanidine groups is 1. The van der Waals surface area contributed by atoms with Crippen LogP contribution in [0, 0.1) is 6.92 Å². The van der Waals surface area contributed by atoms with Crippen molar-refractivity contribution in [1.29, 1.82) is 0 Å². The van der Waals surface area contributed by atoms with Crippen LogP contribution in [0.4, 0.5) is 5.69 Å². The molecule has 0 spiro atoms. The van der Waals surface area contributed by atoms with Gasteiger partial charge >= 0.3 is 0 Å². The molecule has 0 radical (unpaired) electrons. The van der Waals surface area contributed by atoms with E-state index in [1.807, 2.05) is 31.2 Å². The number of hydrogen-bond acceptors (Lipinski definition) is 8. The van der Waals surface area contributed by atoms with E-state index in [4.69, 9.17) is 10.7 Å². The number of nitrogens with two attached hydrogens (primary N) is 1. The van der Waals surface area contributed by atoms with E-state index in [1.165, 1.54) is 11.8 Å². The lowest BCUT2D eigenvalue weighted by molar-refractivity contribution is 0.0951. The van der Waals surface area contributed by atoms with Crippen molar-refractivity contribution < 1.29 is 4.79 Å². The second kappa shape index (κ2) is 12.3. The van der Waals surface area contributed by atoms with Gasteiger partial charge < -0.3 is 26.2 Å². The first-order valence-corrected chi connectivity index (χ1v) is 13.6. The number of piperazine rings is 1. The smallest absolute Gasteiger partial charge is 0.251 e. The summed E-state index contributed by atoms with van der Waals surface area (Å²) in [5.74, 6) is 0.763. The summed E-state index contributed by atoms with van der Waals surface area (Å²) in [4.78, 5) is 31.1. The number of aliphatic imine (C=N–C) groups is 3. The Bertz CT molecular complexity index is 1390. The van der Waals surface area contributed by atoms with Crippen LogP contribution in [-0.4, -0.2) is 66.8 Å². The molecule has 0 unspecified atom stereocenters. The zero-order valence-corrected chi connectivity index (χ0v) is 24.2. The molecule has 1 amide bonds. The van der Waals surface area contributed by atoms with E-state index in [0.29, 0.717) is 41.0 Å². The Morgan fingerprint density at radius 1 is 1.15 bits per heavy atom. The molecular weight excluding hydrogens is 500 g/mol. The summed E-state index contributed by atoms with van der Waals surface area (Å²) in [6.45, 7) is 16.2. The number of carbonyl (C=O) groups is 1. The SMILES string of the molecule is C=C/N=C1/C=NC(N2CCN(C)CC2)=N/C1=C(/N)Nc1cc(C(=O)NCc2cccc(C(C)(C)C)c2)ccc1C. The second-order valence-electron chi connectivity index (χ2n) is 11.2. The van der Waals surface area contributed by atoms with Crippen LogP contribution in [0.2, 0.25) is 0 Å². The van der Waals surface area contributed by atoms with Crippen molar-refractivity contribution in [3.05, 3.63) is 89.0 Å². The van der Waals surface area contributed by atoms with Crippen LogP contribution in [-0.2, 0) is 12.0 Å². The van der Waals surface area contributed by atoms with Crippen LogP contribution < -0.4 is 16.4 Å². The van der Waals surface area contributed by atoms with Gasteiger partial charge in [-0.25, -0.2) is 9.98 Å². The third kappa shape index (κ3) is 7.04. The van der Waals surface area contributed by atoms with Gasteiger partial charge in [0.1, 0.15) is 17.2 Å². The molecule has 4 N–H and O–H groups in total. The molecule has 210 valence electrons. The molecule has 2 aromatic rings. The van der Waals surface area contributed by atoms with Crippen LogP contribution in [0.15, 0.2) is 81.7 Å². The van der Waals surface area contributed by atoms with E-state index in [9.17, 15) is 4.79 Å². The van der Waals surface area contributed by atoms with E-state index < -0.39 is 0 Å². The van der Waals surface area contributed by atoms with Gasteiger partial charge in [-0.1, -0.05) is 57.7 Å². The normalized spacial score (nSPS) is 18.4. The zero-order chi connectivity index (χ0) is 28.9. The van der Waals surface area contributed by atoms with Gasteiger partial charge in [-0.15, -0.1) is 0 Å². The first kappa shape index (κ1) is 28.8. The average molecular weight is 541 g/mol. The maximum Gasteiger partial charge on any atom is 0.251 e. The van der Waals surface area contributed by atoms with E-state index in [2.05, 4.69) is 76.9 Å². The van der Waals surface area contributed by atoms with Crippen LogP contribution >= 0.6 is 0 Å². The Morgan fingerprint density at radius 3 is 2.60 bits per heavy atom. The monoisotopic (exact) mass is 540 g/mol. The fourth-order valence-corrected chi connectivity index (χ4v) is 4.45. The van der Waals surface area contributed by atoms with Crippen molar-refractivity contribution in [3.63, 3.8) is 0 Å². The molecule has 1 saturated heterocycles. The fourth-order valence-electron chi connectivity index (χ4n) is 4.45. The molecule has 4 rings (SSSR count). The molecular formula is C31H40N8O. The number of nitrogens with one attached hydrogen (secondary N) is 2. The number of allylic oxidation sites excluding steroid dienone is 1. The topological polar surface area (TPSA) is 111 Å². The first-order chi connectivity index (χ1) is 19.0. The summed E-state index contributed by atoms with van der Waals surface area (Å²) in [5.41, 5.74) is 12.1. The average Bonchev–Trinajstić information content (AvgIpc) is 2.93. The third-order valence-corrected chi connectivity index (χ3v) is 7.04.